The molecule has 0 aromatic heterocycles. The minimum Gasteiger partial charge on any atom is -0.508 e. The lowest BCUT2D eigenvalue weighted by atomic mass is 10.0. The number of phenols is 1. The Labute approximate surface area is 366 Å². The van der Waals surface area contributed by atoms with E-state index >= 15 is 0 Å². The largest absolute Gasteiger partial charge is 0.508 e. The maximum absolute atomic E-state index is 14.1. The van der Waals surface area contributed by atoms with Crippen molar-refractivity contribution in [1.29, 1.82) is 0 Å². The fourth-order valence-corrected chi connectivity index (χ4v) is 6.73. The molecule has 1 saturated heterocycles. The predicted molar refractivity (Wildman–Crippen MR) is 230 cm³/mol. The van der Waals surface area contributed by atoms with Gasteiger partial charge in [0.2, 0.25) is 47.3 Å². The minimum atomic E-state index is -1.37. The number of rotatable bonds is 21. The second kappa shape index (κ2) is 23.6. The summed E-state index contributed by atoms with van der Waals surface area (Å²) in [6.07, 6.45) is 0.738. The van der Waals surface area contributed by atoms with Gasteiger partial charge in [-0.1, -0.05) is 70.5 Å². The number of amides is 8. The summed E-state index contributed by atoms with van der Waals surface area (Å²) in [6, 6.07) is 14.4. The third kappa shape index (κ3) is 14.7. The summed E-state index contributed by atoms with van der Waals surface area (Å²) >= 11 is 3.09. The third-order valence-electron chi connectivity index (χ3n) is 9.93. The predicted octanol–water partition coefficient (Wildman–Crippen LogP) is -1.38. The highest BCUT2D eigenvalue weighted by Gasteiger charge is 2.39. The van der Waals surface area contributed by atoms with E-state index in [4.69, 9.17) is 11.5 Å². The van der Waals surface area contributed by atoms with Crippen molar-refractivity contribution in [2.45, 2.75) is 75.3 Å². The van der Waals surface area contributed by atoms with Crippen LogP contribution in [0.5, 0.6) is 5.75 Å². The Bertz CT molecular complexity index is 2060. The molecule has 20 heteroatoms. The molecule has 62 heavy (non-hydrogen) atoms. The van der Waals surface area contributed by atoms with Crippen molar-refractivity contribution in [3.63, 3.8) is 0 Å². The van der Waals surface area contributed by atoms with Crippen LogP contribution in [-0.4, -0.2) is 124 Å². The summed E-state index contributed by atoms with van der Waals surface area (Å²) in [4.78, 5) is 106. The Morgan fingerprint density at radius 3 is 1.98 bits per heavy atom. The maximum atomic E-state index is 14.1. The molecule has 0 saturated carbocycles. The lowest BCUT2D eigenvalue weighted by Crippen LogP contribution is -2.58. The molecular weight excluding hydrogens is 870 g/mol. The number of anilines is 1. The molecule has 3 aromatic carbocycles. The normalized spacial score (nSPS) is 15.7. The molecule has 1 heterocycles. The van der Waals surface area contributed by atoms with E-state index in [0.29, 0.717) is 28.8 Å². The van der Waals surface area contributed by atoms with Gasteiger partial charge in [0.1, 0.15) is 36.0 Å². The molecule has 0 bridgehead atoms. The van der Waals surface area contributed by atoms with Gasteiger partial charge in [-0.25, -0.2) is 0 Å². The number of phenolic OH excluding ortho intramolecular Hbond substituents is 1. The van der Waals surface area contributed by atoms with E-state index in [1.165, 1.54) is 24.0 Å². The van der Waals surface area contributed by atoms with Crippen molar-refractivity contribution >= 4 is 68.9 Å². The van der Waals surface area contributed by atoms with Gasteiger partial charge >= 0.3 is 0 Å². The van der Waals surface area contributed by atoms with Gasteiger partial charge in [0.25, 0.3) is 0 Å². The van der Waals surface area contributed by atoms with Gasteiger partial charge in [-0.15, -0.1) is 0 Å². The molecule has 0 aliphatic carbocycles. The highest BCUT2D eigenvalue weighted by molar-refractivity contribution is 9.09. The molecule has 1 aliphatic heterocycles. The summed E-state index contributed by atoms with van der Waals surface area (Å²) in [5, 5.41) is 34.5. The van der Waals surface area contributed by atoms with Crippen molar-refractivity contribution in [2.24, 2.45) is 11.5 Å². The highest BCUT2D eigenvalue weighted by atomic mass is 79.9. The van der Waals surface area contributed by atoms with Crippen LogP contribution in [0, 0.1) is 0 Å². The molecule has 0 spiro atoms. The van der Waals surface area contributed by atoms with Crippen LogP contribution >= 0.6 is 15.9 Å². The number of halogens is 1. The van der Waals surface area contributed by atoms with E-state index in [9.17, 15) is 48.6 Å². The molecule has 0 radical (unpaired) electrons. The molecule has 332 valence electrons. The van der Waals surface area contributed by atoms with Gasteiger partial charge in [0.15, 0.2) is 0 Å². The molecule has 19 nitrogen and oxygen atoms in total. The number of aromatic hydroxyl groups is 1. The van der Waals surface area contributed by atoms with Crippen LogP contribution in [0.15, 0.2) is 78.9 Å². The zero-order valence-corrected chi connectivity index (χ0v) is 35.6. The quantitative estimate of drug-likeness (QED) is 0.0556. The van der Waals surface area contributed by atoms with Crippen LogP contribution in [-0.2, 0) is 57.6 Å². The molecule has 3 aromatic rings. The minimum absolute atomic E-state index is 0.0135. The maximum Gasteiger partial charge on any atom is 0.246 e. The van der Waals surface area contributed by atoms with Crippen molar-refractivity contribution in [3.8, 4) is 5.75 Å². The zero-order chi connectivity index (χ0) is 45.3. The van der Waals surface area contributed by atoms with Crippen LogP contribution in [0.2, 0.25) is 0 Å². The number of nitrogens with zero attached hydrogens (tertiary/aromatic N) is 1. The Morgan fingerprint density at radius 2 is 1.35 bits per heavy atom. The van der Waals surface area contributed by atoms with E-state index in [1.807, 2.05) is 0 Å². The van der Waals surface area contributed by atoms with E-state index in [-0.39, 0.29) is 49.2 Å². The fraction of sp³-hybridized carbons (Fsp3) is 0.381. The highest BCUT2D eigenvalue weighted by Crippen LogP contribution is 2.21. The first-order valence-electron chi connectivity index (χ1n) is 19.8. The van der Waals surface area contributed by atoms with Crippen LogP contribution in [0.1, 0.15) is 36.5 Å². The number of aliphatic hydroxyl groups excluding tert-OH is 1. The fourth-order valence-electron chi connectivity index (χ4n) is 6.59. The number of benzene rings is 3. The number of alkyl halides is 1. The molecule has 1 fully saturated rings. The van der Waals surface area contributed by atoms with Crippen LogP contribution in [0.25, 0.3) is 0 Å². The van der Waals surface area contributed by atoms with E-state index in [2.05, 4.69) is 47.8 Å². The number of primary amides is 1. The van der Waals surface area contributed by atoms with Crippen molar-refractivity contribution in [2.75, 3.05) is 30.3 Å². The molecule has 8 amide bonds. The first-order valence-corrected chi connectivity index (χ1v) is 20.9. The summed E-state index contributed by atoms with van der Waals surface area (Å²) < 4.78 is 0. The summed E-state index contributed by atoms with van der Waals surface area (Å²) in [5.41, 5.74) is 13.8. The summed E-state index contributed by atoms with van der Waals surface area (Å²) in [6.45, 7) is 0.191. The standard InChI is InChI=1S/C42H52BrN9O10/c1-24(47-39(59)30(44)18-26-11-15-29(54)16-12-26)38(58)50-31(19-25-6-3-2-4-7-25)40(60)46-22-36(56)49-32(20-27-9-13-28(14-10-27)48-35(55)21-43)42(62)52-17-5-8-34(52)41(61)51-33(23-53)37(45)57/h2-4,6-7,9-16,24,30-34,53-54H,5,8,17-23,44H2,1H3,(H2,45,57)(H,46,60)(H,47,59)(H,48,55)(H,49,56)(H,50,58)(H,51,61)/t24-,30+,31+,32+,33+,34+/m1/s1. The number of hydrogen-bond acceptors (Lipinski definition) is 11. The first-order chi connectivity index (χ1) is 29.6. The smallest absolute Gasteiger partial charge is 0.246 e. The van der Waals surface area contributed by atoms with Crippen LogP contribution in [0.3, 0.4) is 0 Å². The zero-order valence-electron chi connectivity index (χ0n) is 34.0. The van der Waals surface area contributed by atoms with Gasteiger partial charge in [0.05, 0.1) is 24.5 Å². The second-order valence-corrected chi connectivity index (χ2v) is 15.3. The van der Waals surface area contributed by atoms with Gasteiger partial charge in [-0.05, 0) is 67.1 Å². The average Bonchev–Trinajstić information content (AvgIpc) is 3.76. The molecule has 0 unspecified atom stereocenters. The molecule has 4 rings (SSSR count). The van der Waals surface area contributed by atoms with Gasteiger partial charge < -0.3 is 58.5 Å². The monoisotopic (exact) mass is 921 g/mol. The molecule has 6 atom stereocenters. The third-order valence-corrected chi connectivity index (χ3v) is 10.4. The topological polar surface area (TPSA) is 304 Å². The number of nitrogens with two attached hydrogens (primary N) is 2. The van der Waals surface area contributed by atoms with Crippen molar-refractivity contribution in [1.82, 2.24) is 31.5 Å². The molecule has 1 aliphatic rings. The Morgan fingerprint density at radius 1 is 0.742 bits per heavy atom. The SMILES string of the molecule is C[C@@H](NC(=O)[C@@H](N)Cc1ccc(O)cc1)C(=O)N[C@@H](Cc1ccccc1)C(=O)NCC(=O)N[C@@H](Cc1ccc(NC(=O)CBr)cc1)C(=O)N1CCC[C@H]1C(=O)N[C@@H](CO)C(N)=O. The number of nitrogens with one attached hydrogen (secondary N) is 6. The average molecular weight is 923 g/mol. The Kier molecular flexibility index (Phi) is 18.4. The van der Waals surface area contributed by atoms with Gasteiger partial charge in [-0.3, -0.25) is 38.4 Å². The van der Waals surface area contributed by atoms with Gasteiger partial charge in [0, 0.05) is 25.1 Å². The van der Waals surface area contributed by atoms with Crippen LogP contribution in [0.4, 0.5) is 5.69 Å². The van der Waals surface area contributed by atoms with E-state index < -0.39 is 90.8 Å². The number of hydrogen-bond donors (Lipinski definition) is 10. The lowest BCUT2D eigenvalue weighted by Gasteiger charge is -2.29. The second-order valence-electron chi connectivity index (χ2n) is 14.7. The first kappa shape index (κ1) is 48.3. The summed E-state index contributed by atoms with van der Waals surface area (Å²) in [7, 11) is 0. The number of likely N-dealkylation sites (tertiary alicyclic amines) is 1. The number of carbonyl (C=O) groups excluding carboxylic acids is 8. The Hall–Kier alpha value is -6.38. The van der Waals surface area contributed by atoms with Crippen LogP contribution < -0.4 is 43.4 Å². The molecular formula is C42H52BrN9O10. The number of carbonyl (C=O) groups is 8. The van der Waals surface area contributed by atoms with Gasteiger partial charge in [-0.2, -0.15) is 0 Å². The Balaban J connectivity index is 1.46. The summed E-state index contributed by atoms with van der Waals surface area (Å²) in [5.74, 6) is -5.38. The lowest BCUT2D eigenvalue weighted by molar-refractivity contribution is -0.142. The van der Waals surface area contributed by atoms with E-state index in [1.54, 1.807) is 66.7 Å². The van der Waals surface area contributed by atoms with E-state index in [0.717, 1.165) is 0 Å². The van der Waals surface area contributed by atoms with Crippen molar-refractivity contribution in [3.05, 3.63) is 95.6 Å². The van der Waals surface area contributed by atoms with Crippen molar-refractivity contribution < 1.29 is 48.6 Å². The number of aliphatic hydroxyl groups is 1. The molecule has 12 N–H and O–H groups in total.